The molecule has 0 atom stereocenters. The Bertz CT molecular complexity index is 1070. The summed E-state index contributed by atoms with van der Waals surface area (Å²) in [5, 5.41) is 21.5. The lowest BCUT2D eigenvalue weighted by Crippen LogP contribution is -2.44. The van der Waals surface area contributed by atoms with Crippen LogP contribution in [0.3, 0.4) is 0 Å². The molecule has 1 saturated carbocycles. The molecule has 7 nitrogen and oxygen atoms in total. The highest BCUT2D eigenvalue weighted by Gasteiger charge is 2.35. The maximum Gasteiger partial charge on any atom is 0.252 e. The molecule has 3 aromatic rings. The minimum absolute atomic E-state index is 0.0453. The molecule has 0 saturated heterocycles. The summed E-state index contributed by atoms with van der Waals surface area (Å²) in [5.74, 6) is 1.64. The molecule has 1 fully saturated rings. The highest BCUT2D eigenvalue weighted by Crippen LogP contribution is 2.36. The fourth-order valence-electron chi connectivity index (χ4n) is 3.96. The maximum atomic E-state index is 13.1. The van der Waals surface area contributed by atoms with Gasteiger partial charge in [-0.05, 0) is 51.3 Å². The van der Waals surface area contributed by atoms with Crippen molar-refractivity contribution < 1.29 is 9.90 Å². The number of carbonyl (C=O) groups is 1. The van der Waals surface area contributed by atoms with E-state index in [0.717, 1.165) is 52.0 Å². The summed E-state index contributed by atoms with van der Waals surface area (Å²) in [6, 6.07) is 6.13. The predicted octanol–water partition coefficient (Wildman–Crippen LogP) is 2.46. The van der Waals surface area contributed by atoms with Crippen LogP contribution in [0.1, 0.15) is 57.6 Å². The van der Waals surface area contributed by atoms with Crippen molar-refractivity contribution >= 4 is 16.8 Å². The fraction of sp³-hybridized carbons (Fsp3) is 0.429. The molecule has 0 bridgehead atoms. The van der Waals surface area contributed by atoms with Gasteiger partial charge < -0.3 is 15.0 Å². The molecule has 146 valence electrons. The van der Waals surface area contributed by atoms with Gasteiger partial charge in [-0.15, -0.1) is 10.2 Å². The molecule has 0 unspecified atom stereocenters. The Morgan fingerprint density at radius 2 is 2.00 bits per heavy atom. The fourth-order valence-corrected chi connectivity index (χ4v) is 3.96. The first-order valence-electron chi connectivity index (χ1n) is 9.56. The van der Waals surface area contributed by atoms with Gasteiger partial charge in [-0.1, -0.05) is 11.6 Å². The van der Waals surface area contributed by atoms with E-state index in [1.807, 2.05) is 50.6 Å². The van der Waals surface area contributed by atoms with Gasteiger partial charge in [-0.25, -0.2) is 0 Å². The summed E-state index contributed by atoms with van der Waals surface area (Å²) in [4.78, 5) is 17.7. The van der Waals surface area contributed by atoms with Gasteiger partial charge in [-0.2, -0.15) is 0 Å². The molecule has 1 amide bonds. The molecule has 28 heavy (non-hydrogen) atoms. The van der Waals surface area contributed by atoms with Gasteiger partial charge in [0.25, 0.3) is 5.91 Å². The average Bonchev–Trinajstić information content (AvgIpc) is 2.99. The third kappa shape index (κ3) is 3.05. The van der Waals surface area contributed by atoms with Crippen molar-refractivity contribution in [1.82, 2.24) is 25.1 Å². The van der Waals surface area contributed by atoms with Crippen LogP contribution in [0.15, 0.2) is 18.2 Å². The number of nitrogens with one attached hydrogen (secondary N) is 1. The molecular weight excluding hydrogens is 354 g/mol. The molecule has 1 aliphatic carbocycles. The summed E-state index contributed by atoms with van der Waals surface area (Å²) in [7, 11) is 1.87. The molecule has 2 N–H and O–H groups in total. The highest BCUT2D eigenvalue weighted by atomic mass is 16.3. The molecular formula is C21H25N5O2. The summed E-state index contributed by atoms with van der Waals surface area (Å²) in [6.07, 6.45) is 1.65. The maximum absolute atomic E-state index is 13.1. The van der Waals surface area contributed by atoms with Crippen molar-refractivity contribution in [3.8, 4) is 0 Å². The van der Waals surface area contributed by atoms with Crippen LogP contribution in [0.4, 0.5) is 0 Å². The minimum Gasteiger partial charge on any atom is -0.388 e. The largest absolute Gasteiger partial charge is 0.388 e. The molecule has 0 radical (unpaired) electrons. The summed E-state index contributed by atoms with van der Waals surface area (Å²) in [6.45, 7) is 5.80. The van der Waals surface area contributed by atoms with E-state index >= 15 is 0 Å². The third-order valence-corrected chi connectivity index (χ3v) is 5.83. The number of rotatable bonds is 4. The first-order valence-corrected chi connectivity index (χ1v) is 9.56. The van der Waals surface area contributed by atoms with E-state index in [9.17, 15) is 9.90 Å². The number of benzene rings is 1. The molecule has 0 aliphatic heterocycles. The number of aromatic nitrogens is 4. The van der Waals surface area contributed by atoms with Gasteiger partial charge in [0.1, 0.15) is 12.4 Å². The van der Waals surface area contributed by atoms with Gasteiger partial charge in [0.15, 0.2) is 5.82 Å². The monoisotopic (exact) mass is 379 g/mol. The third-order valence-electron chi connectivity index (χ3n) is 5.83. The van der Waals surface area contributed by atoms with Crippen molar-refractivity contribution in [2.45, 2.75) is 52.2 Å². The molecule has 1 aliphatic rings. The molecule has 2 aromatic heterocycles. The molecule has 0 spiro atoms. The first-order chi connectivity index (χ1) is 13.4. The van der Waals surface area contributed by atoms with Crippen LogP contribution in [0, 0.1) is 20.8 Å². The van der Waals surface area contributed by atoms with E-state index in [1.165, 1.54) is 0 Å². The van der Waals surface area contributed by atoms with E-state index in [1.54, 1.807) is 0 Å². The van der Waals surface area contributed by atoms with Crippen molar-refractivity contribution in [2.24, 2.45) is 7.05 Å². The Morgan fingerprint density at radius 1 is 1.25 bits per heavy atom. The van der Waals surface area contributed by atoms with Gasteiger partial charge in [0, 0.05) is 30.1 Å². The second-order valence-corrected chi connectivity index (χ2v) is 7.75. The normalized spacial score (nSPS) is 18.9. The topological polar surface area (TPSA) is 92.9 Å². The van der Waals surface area contributed by atoms with Crippen molar-refractivity contribution in [2.75, 3.05) is 0 Å². The first kappa shape index (κ1) is 18.6. The highest BCUT2D eigenvalue weighted by molar-refractivity contribution is 6.07. The van der Waals surface area contributed by atoms with E-state index in [-0.39, 0.29) is 24.5 Å². The zero-order valence-electron chi connectivity index (χ0n) is 16.7. The lowest BCUT2D eigenvalue weighted by Gasteiger charge is -2.35. The van der Waals surface area contributed by atoms with Crippen LogP contribution < -0.4 is 5.32 Å². The van der Waals surface area contributed by atoms with E-state index < -0.39 is 0 Å². The second-order valence-electron chi connectivity index (χ2n) is 7.75. The van der Waals surface area contributed by atoms with Crippen molar-refractivity contribution in [3.05, 3.63) is 52.2 Å². The summed E-state index contributed by atoms with van der Waals surface area (Å²) >= 11 is 0. The molecule has 1 aromatic carbocycles. The zero-order valence-corrected chi connectivity index (χ0v) is 16.7. The van der Waals surface area contributed by atoms with Gasteiger partial charge in [0.05, 0.1) is 11.1 Å². The van der Waals surface area contributed by atoms with Gasteiger partial charge in [0.2, 0.25) is 0 Å². The van der Waals surface area contributed by atoms with Crippen LogP contribution in [0.2, 0.25) is 0 Å². The Labute approximate surface area is 163 Å². The Balaban J connectivity index is 1.53. The quantitative estimate of drug-likeness (QED) is 0.726. The van der Waals surface area contributed by atoms with E-state index in [2.05, 4.69) is 20.5 Å². The second kappa shape index (κ2) is 6.98. The van der Waals surface area contributed by atoms with Crippen LogP contribution in [0.5, 0.6) is 0 Å². The molecule has 7 heteroatoms. The number of aliphatic hydroxyl groups excluding tert-OH is 1. The van der Waals surface area contributed by atoms with Crippen molar-refractivity contribution in [3.63, 3.8) is 0 Å². The number of aliphatic hydroxyl groups is 1. The number of aryl methyl sites for hydroxylation is 2. The van der Waals surface area contributed by atoms with Crippen LogP contribution >= 0.6 is 0 Å². The summed E-state index contributed by atoms with van der Waals surface area (Å²) < 4.78 is 1.84. The number of carbonyl (C=O) groups excluding carboxylic acids is 1. The number of nitrogens with zero attached hydrogens (tertiary/aromatic N) is 4. The van der Waals surface area contributed by atoms with E-state index in [4.69, 9.17) is 0 Å². The van der Waals surface area contributed by atoms with Gasteiger partial charge >= 0.3 is 0 Å². The number of hydrogen-bond donors (Lipinski definition) is 2. The van der Waals surface area contributed by atoms with Crippen LogP contribution in [0.25, 0.3) is 10.9 Å². The van der Waals surface area contributed by atoms with Gasteiger partial charge in [-0.3, -0.25) is 9.78 Å². The Morgan fingerprint density at radius 3 is 2.68 bits per heavy atom. The van der Waals surface area contributed by atoms with Crippen LogP contribution in [-0.2, 0) is 13.7 Å². The Hall–Kier alpha value is -2.80. The lowest BCUT2D eigenvalue weighted by atomic mass is 9.79. The lowest BCUT2D eigenvalue weighted by molar-refractivity contribution is 0.0908. The van der Waals surface area contributed by atoms with Crippen molar-refractivity contribution in [1.29, 1.82) is 0 Å². The smallest absolute Gasteiger partial charge is 0.252 e. The predicted molar refractivity (Wildman–Crippen MR) is 106 cm³/mol. The molecule has 4 rings (SSSR count). The van der Waals surface area contributed by atoms with E-state index in [0.29, 0.717) is 5.82 Å². The number of fused-ring (bicyclic) bond motifs is 1. The number of amides is 1. The SMILES string of the molecule is Cc1ccc2nc(C)c(C)c(C(=O)NC3CC(c4nnc(CO)n4C)C3)c2c1. The average molecular weight is 379 g/mol. The summed E-state index contributed by atoms with van der Waals surface area (Å²) in [5.41, 5.74) is 4.48. The standard InChI is InChI=1S/C21H25N5O2/c1-11-5-6-17-16(7-11)19(12(2)13(3)22-17)21(28)23-15-8-14(9-15)20-25-24-18(10-27)26(20)4/h5-7,14-15,27H,8-10H2,1-4H3,(H,23,28). The number of pyridine rings is 1. The van der Waals surface area contributed by atoms with Crippen LogP contribution in [-0.4, -0.2) is 36.8 Å². The Kier molecular flexibility index (Phi) is 4.63. The minimum atomic E-state index is -0.121. The number of hydrogen-bond acceptors (Lipinski definition) is 5. The molecule has 2 heterocycles. The zero-order chi connectivity index (χ0) is 20.0.